The lowest BCUT2D eigenvalue weighted by molar-refractivity contribution is -0.116. The number of benzene rings is 1. The number of pyridine rings is 1. The van der Waals surface area contributed by atoms with Crippen molar-refractivity contribution in [2.45, 2.75) is 12.5 Å². The molecule has 0 aliphatic carbocycles. The molecule has 1 aliphatic heterocycles. The van der Waals surface area contributed by atoms with Crippen molar-refractivity contribution in [1.29, 1.82) is 0 Å². The van der Waals surface area contributed by atoms with E-state index in [0.29, 0.717) is 10.7 Å². The SMILES string of the molecule is O=C(C[C@@H]1NC(=O)c2ccccc21)Nc1nc(-c2cccnc2)cs1. The minimum Gasteiger partial charge on any atom is -0.345 e. The molecule has 0 radical (unpaired) electrons. The zero-order chi connectivity index (χ0) is 17.2. The molecule has 0 unspecified atom stereocenters. The van der Waals surface area contributed by atoms with Crippen molar-refractivity contribution in [1.82, 2.24) is 15.3 Å². The third-order valence-electron chi connectivity index (χ3n) is 3.98. The molecule has 2 aromatic heterocycles. The maximum absolute atomic E-state index is 12.3. The van der Waals surface area contributed by atoms with Gasteiger partial charge in [0, 0.05) is 28.9 Å². The molecular weight excluding hydrogens is 336 g/mol. The number of fused-ring (bicyclic) bond motifs is 1. The number of nitrogens with one attached hydrogen (secondary N) is 2. The average molecular weight is 350 g/mol. The summed E-state index contributed by atoms with van der Waals surface area (Å²) in [5.41, 5.74) is 3.16. The number of thiazole rings is 1. The predicted octanol–water partition coefficient (Wildman–Crippen LogP) is 3.02. The highest BCUT2D eigenvalue weighted by molar-refractivity contribution is 7.14. The van der Waals surface area contributed by atoms with Crippen molar-refractivity contribution < 1.29 is 9.59 Å². The van der Waals surface area contributed by atoms with Gasteiger partial charge in [0.25, 0.3) is 5.91 Å². The number of hydrogen-bond acceptors (Lipinski definition) is 5. The van der Waals surface area contributed by atoms with Gasteiger partial charge in [-0.05, 0) is 23.8 Å². The first-order valence-corrected chi connectivity index (χ1v) is 8.64. The summed E-state index contributed by atoms with van der Waals surface area (Å²) in [6.45, 7) is 0. The molecular formula is C18H14N4O2S. The quantitative estimate of drug-likeness (QED) is 0.757. The summed E-state index contributed by atoms with van der Waals surface area (Å²) in [5, 5.41) is 8.05. The second-order valence-corrected chi connectivity index (χ2v) is 6.50. The summed E-state index contributed by atoms with van der Waals surface area (Å²) in [4.78, 5) is 32.7. The summed E-state index contributed by atoms with van der Waals surface area (Å²) in [6.07, 6.45) is 3.60. The number of nitrogens with zero attached hydrogens (tertiary/aromatic N) is 2. The topological polar surface area (TPSA) is 84.0 Å². The smallest absolute Gasteiger partial charge is 0.252 e. The third kappa shape index (κ3) is 3.14. The van der Waals surface area contributed by atoms with Crippen LogP contribution in [0.1, 0.15) is 28.4 Å². The van der Waals surface area contributed by atoms with E-state index in [0.717, 1.165) is 16.8 Å². The van der Waals surface area contributed by atoms with E-state index in [9.17, 15) is 9.59 Å². The lowest BCUT2D eigenvalue weighted by Gasteiger charge is -2.10. The first kappa shape index (κ1) is 15.5. The fourth-order valence-corrected chi connectivity index (χ4v) is 3.55. The first-order valence-electron chi connectivity index (χ1n) is 7.76. The van der Waals surface area contributed by atoms with Crippen LogP contribution >= 0.6 is 11.3 Å². The number of rotatable bonds is 4. The molecule has 124 valence electrons. The molecule has 1 aliphatic rings. The van der Waals surface area contributed by atoms with Gasteiger partial charge in [-0.3, -0.25) is 14.6 Å². The molecule has 2 amide bonds. The van der Waals surface area contributed by atoms with Gasteiger partial charge in [0.15, 0.2) is 5.13 Å². The molecule has 0 bridgehead atoms. The fourth-order valence-electron chi connectivity index (χ4n) is 2.82. The Morgan fingerprint density at radius 3 is 2.96 bits per heavy atom. The van der Waals surface area contributed by atoms with Crippen LogP contribution in [0, 0.1) is 0 Å². The Hall–Kier alpha value is -3.06. The van der Waals surface area contributed by atoms with Gasteiger partial charge in [0.05, 0.1) is 18.2 Å². The molecule has 7 heteroatoms. The molecule has 0 saturated heterocycles. The van der Waals surface area contributed by atoms with Crippen LogP contribution in [0.5, 0.6) is 0 Å². The normalized spacial score (nSPS) is 15.5. The lowest BCUT2D eigenvalue weighted by atomic mass is 10.0. The van der Waals surface area contributed by atoms with E-state index in [4.69, 9.17) is 0 Å². The van der Waals surface area contributed by atoms with Crippen LogP contribution in [0.3, 0.4) is 0 Å². The molecule has 4 rings (SSSR count). The van der Waals surface area contributed by atoms with Crippen LogP contribution in [0.4, 0.5) is 5.13 Å². The van der Waals surface area contributed by atoms with E-state index in [2.05, 4.69) is 20.6 Å². The van der Waals surface area contributed by atoms with Crippen molar-refractivity contribution in [3.63, 3.8) is 0 Å². The van der Waals surface area contributed by atoms with Crippen LogP contribution in [-0.2, 0) is 4.79 Å². The van der Waals surface area contributed by atoms with Gasteiger partial charge in [0.1, 0.15) is 0 Å². The highest BCUT2D eigenvalue weighted by Crippen LogP contribution is 2.29. The minimum atomic E-state index is -0.304. The zero-order valence-electron chi connectivity index (χ0n) is 13.1. The Morgan fingerprint density at radius 1 is 1.24 bits per heavy atom. The van der Waals surface area contributed by atoms with Crippen LogP contribution < -0.4 is 10.6 Å². The summed E-state index contributed by atoms with van der Waals surface area (Å²) < 4.78 is 0. The van der Waals surface area contributed by atoms with Crippen molar-refractivity contribution in [2.75, 3.05) is 5.32 Å². The highest BCUT2D eigenvalue weighted by atomic mass is 32.1. The summed E-state index contributed by atoms with van der Waals surface area (Å²) in [5.74, 6) is -0.324. The molecule has 1 atom stereocenters. The van der Waals surface area contributed by atoms with Crippen LogP contribution in [-0.4, -0.2) is 21.8 Å². The molecule has 0 saturated carbocycles. The second kappa shape index (κ2) is 6.45. The van der Waals surface area contributed by atoms with Crippen LogP contribution in [0.2, 0.25) is 0 Å². The molecule has 2 N–H and O–H groups in total. The Labute approximate surface area is 148 Å². The average Bonchev–Trinajstić information content (AvgIpc) is 3.21. The van der Waals surface area contributed by atoms with Crippen molar-refractivity contribution in [2.24, 2.45) is 0 Å². The molecule has 0 fully saturated rings. The zero-order valence-corrected chi connectivity index (χ0v) is 13.9. The lowest BCUT2D eigenvalue weighted by Crippen LogP contribution is -2.24. The number of carbonyl (C=O) groups excluding carboxylic acids is 2. The van der Waals surface area contributed by atoms with Crippen LogP contribution in [0.25, 0.3) is 11.3 Å². The number of hydrogen-bond donors (Lipinski definition) is 2. The van der Waals surface area contributed by atoms with Gasteiger partial charge in [-0.25, -0.2) is 4.98 Å². The van der Waals surface area contributed by atoms with Gasteiger partial charge in [0.2, 0.25) is 5.91 Å². The predicted molar refractivity (Wildman–Crippen MR) is 95.2 cm³/mol. The third-order valence-corrected chi connectivity index (χ3v) is 4.74. The summed E-state index contributed by atoms with van der Waals surface area (Å²) in [7, 11) is 0. The van der Waals surface area contributed by atoms with Gasteiger partial charge < -0.3 is 10.6 Å². The minimum absolute atomic E-state index is 0.137. The van der Waals surface area contributed by atoms with E-state index in [1.54, 1.807) is 18.5 Å². The highest BCUT2D eigenvalue weighted by Gasteiger charge is 2.29. The summed E-state index contributed by atoms with van der Waals surface area (Å²) >= 11 is 1.36. The van der Waals surface area contributed by atoms with E-state index in [-0.39, 0.29) is 24.3 Å². The van der Waals surface area contributed by atoms with E-state index in [1.165, 1.54) is 11.3 Å². The van der Waals surface area contributed by atoms with Gasteiger partial charge in [-0.1, -0.05) is 18.2 Å². The molecule has 3 heterocycles. The van der Waals surface area contributed by atoms with Crippen molar-refractivity contribution in [3.05, 3.63) is 65.3 Å². The van der Waals surface area contributed by atoms with Gasteiger partial charge in [-0.2, -0.15) is 0 Å². The Morgan fingerprint density at radius 2 is 2.12 bits per heavy atom. The van der Waals surface area contributed by atoms with Crippen molar-refractivity contribution >= 4 is 28.3 Å². The van der Waals surface area contributed by atoms with E-state index in [1.807, 2.05) is 35.7 Å². The molecule has 1 aromatic carbocycles. The number of amides is 2. The molecule has 3 aromatic rings. The monoisotopic (exact) mass is 350 g/mol. The summed E-state index contributed by atoms with van der Waals surface area (Å²) in [6, 6.07) is 10.8. The maximum atomic E-state index is 12.3. The maximum Gasteiger partial charge on any atom is 0.252 e. The molecule has 25 heavy (non-hydrogen) atoms. The van der Waals surface area contributed by atoms with Crippen molar-refractivity contribution in [3.8, 4) is 11.3 Å². The Kier molecular flexibility index (Phi) is 3.99. The Balaban J connectivity index is 1.44. The number of carbonyl (C=O) groups is 2. The molecule has 6 nitrogen and oxygen atoms in total. The second-order valence-electron chi connectivity index (χ2n) is 5.65. The number of aromatic nitrogens is 2. The largest absolute Gasteiger partial charge is 0.345 e. The van der Waals surface area contributed by atoms with Gasteiger partial charge >= 0.3 is 0 Å². The van der Waals surface area contributed by atoms with Gasteiger partial charge in [-0.15, -0.1) is 11.3 Å². The van der Waals surface area contributed by atoms with E-state index >= 15 is 0 Å². The first-order chi connectivity index (χ1) is 12.2. The fraction of sp³-hybridized carbons (Fsp3) is 0.111. The number of anilines is 1. The standard InChI is InChI=1S/C18H14N4O2S/c23-16(8-14-12-5-1-2-6-13(12)17(24)20-14)22-18-21-15(10-25-18)11-4-3-7-19-9-11/h1-7,9-10,14H,8H2,(H,20,24)(H,21,22,23)/t14-/m0/s1. The Bertz CT molecular complexity index is 939. The molecule has 0 spiro atoms. The van der Waals surface area contributed by atoms with E-state index < -0.39 is 0 Å². The van der Waals surface area contributed by atoms with Crippen LogP contribution in [0.15, 0.2) is 54.2 Å².